The number of β-amino-alcohol motifs (C(OH)–C–C–N with tert-alkyl or cyclic N) is 1. The Bertz CT molecular complexity index is 1090. The predicted octanol–water partition coefficient (Wildman–Crippen LogP) is 6.03. The number of carbonyl (C=O) groups is 4. The van der Waals surface area contributed by atoms with Crippen molar-refractivity contribution < 1.29 is 24.3 Å². The lowest BCUT2D eigenvalue weighted by molar-refractivity contribution is -0.132. The minimum atomic E-state index is -0.442. The number of unbranched alkanes of at least 4 members (excludes halogenated alkanes) is 1. The molecule has 0 radical (unpaired) electrons. The van der Waals surface area contributed by atoms with Crippen LogP contribution in [0.1, 0.15) is 112 Å². The lowest BCUT2D eigenvalue weighted by atomic mass is 10.1. The topological polar surface area (TPSA) is 141 Å². The number of amides is 4. The van der Waals surface area contributed by atoms with Gasteiger partial charge < -0.3 is 26.0 Å². The van der Waals surface area contributed by atoms with E-state index in [1.54, 1.807) is 23.2 Å². The number of aliphatic hydroxyl groups excluding tert-OH is 1. The van der Waals surface area contributed by atoms with Gasteiger partial charge in [-0.15, -0.1) is 11.3 Å². The van der Waals surface area contributed by atoms with Crippen LogP contribution in [0.4, 0.5) is 0 Å². The highest BCUT2D eigenvalue weighted by Gasteiger charge is 2.24. The molecule has 4 N–H and O–H groups in total. The molecule has 1 saturated heterocycles. The van der Waals surface area contributed by atoms with E-state index in [0.29, 0.717) is 45.3 Å². The summed E-state index contributed by atoms with van der Waals surface area (Å²) in [6, 6.07) is 8.26. The molecule has 0 bridgehead atoms. The van der Waals surface area contributed by atoms with E-state index >= 15 is 0 Å². The Balaban J connectivity index is 0. The zero-order valence-electron chi connectivity index (χ0n) is 29.9. The van der Waals surface area contributed by atoms with E-state index in [4.69, 9.17) is 0 Å². The molecule has 46 heavy (non-hydrogen) atoms. The average Bonchev–Trinajstić information content (AvgIpc) is 3.69. The fraction of sp³-hybridized carbons (Fsp3) is 0.629. The SMILES string of the molecule is CC.CC.CC(C)C.CCC(=O)NCCCCC(=O)NCC(=O)N1CCC(O)C1.Cc1ncsc1-c1ccc(C(C)NC=O)cc1. The van der Waals surface area contributed by atoms with E-state index < -0.39 is 6.10 Å². The van der Waals surface area contributed by atoms with Crippen LogP contribution in [0.25, 0.3) is 10.4 Å². The molecule has 262 valence electrons. The van der Waals surface area contributed by atoms with Gasteiger partial charge in [0.05, 0.1) is 34.8 Å². The molecule has 2 heterocycles. The summed E-state index contributed by atoms with van der Waals surface area (Å²) in [6.45, 7) is 21.7. The fourth-order valence-electron chi connectivity index (χ4n) is 3.81. The highest BCUT2D eigenvalue weighted by molar-refractivity contribution is 7.13. The summed E-state index contributed by atoms with van der Waals surface area (Å²) in [5, 5.41) is 17.4. The molecule has 1 aliphatic heterocycles. The molecule has 0 aliphatic carbocycles. The highest BCUT2D eigenvalue weighted by atomic mass is 32.1. The minimum Gasteiger partial charge on any atom is -0.391 e. The largest absolute Gasteiger partial charge is 0.391 e. The van der Waals surface area contributed by atoms with Crippen molar-refractivity contribution in [1.29, 1.82) is 0 Å². The van der Waals surface area contributed by atoms with Crippen molar-refractivity contribution in [3.8, 4) is 10.4 Å². The Morgan fingerprint density at radius 2 is 1.63 bits per heavy atom. The van der Waals surface area contributed by atoms with Crippen LogP contribution in [0.15, 0.2) is 29.8 Å². The van der Waals surface area contributed by atoms with E-state index in [9.17, 15) is 24.3 Å². The van der Waals surface area contributed by atoms with Crippen LogP contribution in [-0.4, -0.2) is 71.4 Å². The maximum Gasteiger partial charge on any atom is 0.242 e. The zero-order chi connectivity index (χ0) is 35.5. The first-order chi connectivity index (χ1) is 22.0. The predicted molar refractivity (Wildman–Crippen MR) is 190 cm³/mol. The lowest BCUT2D eigenvalue weighted by Crippen LogP contribution is -2.39. The number of hydrogen-bond donors (Lipinski definition) is 4. The molecule has 2 atom stereocenters. The number of benzene rings is 1. The summed E-state index contributed by atoms with van der Waals surface area (Å²) in [5.74, 6) is 0.526. The van der Waals surface area contributed by atoms with Gasteiger partial charge in [0.15, 0.2) is 0 Å². The molecule has 1 fully saturated rings. The number of aromatic nitrogens is 1. The first kappa shape index (κ1) is 44.8. The molecule has 3 rings (SSSR count). The molecule has 1 aromatic heterocycles. The number of aryl methyl sites for hydroxylation is 1. The Hall–Kier alpha value is -3.31. The number of thiazole rings is 1. The Labute approximate surface area is 282 Å². The molecule has 1 aliphatic rings. The molecule has 0 saturated carbocycles. The van der Waals surface area contributed by atoms with Crippen molar-refractivity contribution in [2.24, 2.45) is 5.92 Å². The molecule has 11 heteroatoms. The van der Waals surface area contributed by atoms with Crippen molar-refractivity contribution in [2.45, 2.75) is 113 Å². The first-order valence-corrected chi connectivity index (χ1v) is 17.6. The Morgan fingerprint density at radius 3 is 2.11 bits per heavy atom. The van der Waals surface area contributed by atoms with E-state index in [0.717, 1.165) is 30.0 Å². The van der Waals surface area contributed by atoms with Crippen molar-refractivity contribution in [3.63, 3.8) is 0 Å². The summed E-state index contributed by atoms with van der Waals surface area (Å²) < 4.78 is 0. The number of likely N-dealkylation sites (tertiary alicyclic amines) is 1. The number of nitrogens with one attached hydrogen (secondary N) is 3. The number of hydrogen-bond acceptors (Lipinski definition) is 7. The van der Waals surface area contributed by atoms with Crippen LogP contribution < -0.4 is 16.0 Å². The third kappa shape index (κ3) is 20.7. The molecule has 2 aromatic rings. The second kappa shape index (κ2) is 28.0. The van der Waals surface area contributed by atoms with Gasteiger partial charge in [-0.3, -0.25) is 19.2 Å². The Morgan fingerprint density at radius 1 is 1.02 bits per heavy atom. The minimum absolute atomic E-state index is 0.0119. The van der Waals surface area contributed by atoms with Crippen LogP contribution in [0.2, 0.25) is 0 Å². The lowest BCUT2D eigenvalue weighted by Gasteiger charge is -2.15. The summed E-state index contributed by atoms with van der Waals surface area (Å²) in [6.07, 6.45) is 3.11. The second-order valence-corrected chi connectivity index (χ2v) is 11.7. The van der Waals surface area contributed by atoms with Gasteiger partial charge in [0.2, 0.25) is 24.1 Å². The van der Waals surface area contributed by atoms with Crippen LogP contribution in [-0.2, 0) is 19.2 Å². The highest BCUT2D eigenvalue weighted by Crippen LogP contribution is 2.28. The summed E-state index contributed by atoms with van der Waals surface area (Å²) in [5.41, 5.74) is 5.19. The summed E-state index contributed by atoms with van der Waals surface area (Å²) >= 11 is 1.64. The Kier molecular flexibility index (Phi) is 27.2. The molecular weight excluding hydrogens is 602 g/mol. The van der Waals surface area contributed by atoms with Crippen molar-refractivity contribution in [3.05, 3.63) is 41.0 Å². The van der Waals surface area contributed by atoms with Gasteiger partial charge in [-0.2, -0.15) is 0 Å². The number of aliphatic hydroxyl groups is 1. The zero-order valence-corrected chi connectivity index (χ0v) is 30.8. The van der Waals surface area contributed by atoms with Crippen LogP contribution in [0.3, 0.4) is 0 Å². The quantitative estimate of drug-likeness (QED) is 0.161. The third-order valence-corrected chi connectivity index (χ3v) is 7.14. The van der Waals surface area contributed by atoms with E-state index in [1.165, 1.54) is 10.4 Å². The molecule has 4 amide bonds. The molecular formula is C35H61N5O5S. The van der Waals surface area contributed by atoms with Gasteiger partial charge in [0.1, 0.15) is 0 Å². The van der Waals surface area contributed by atoms with Crippen molar-refractivity contribution in [2.75, 3.05) is 26.2 Å². The van der Waals surface area contributed by atoms with E-state index in [-0.39, 0.29) is 30.3 Å². The van der Waals surface area contributed by atoms with Crippen LogP contribution in [0, 0.1) is 12.8 Å². The van der Waals surface area contributed by atoms with E-state index in [1.807, 2.05) is 59.2 Å². The maximum absolute atomic E-state index is 11.7. The smallest absolute Gasteiger partial charge is 0.242 e. The monoisotopic (exact) mass is 663 g/mol. The average molecular weight is 664 g/mol. The van der Waals surface area contributed by atoms with Gasteiger partial charge in [0.25, 0.3) is 0 Å². The molecule has 2 unspecified atom stereocenters. The normalized spacial score (nSPS) is 13.6. The molecule has 10 nitrogen and oxygen atoms in total. The van der Waals surface area contributed by atoms with Gasteiger partial charge in [-0.1, -0.05) is 79.7 Å². The van der Waals surface area contributed by atoms with Gasteiger partial charge in [-0.05, 0) is 50.2 Å². The number of nitrogens with zero attached hydrogens (tertiary/aromatic N) is 2. The molecule has 1 aromatic carbocycles. The first-order valence-electron chi connectivity index (χ1n) is 16.7. The fourth-order valence-corrected chi connectivity index (χ4v) is 4.62. The van der Waals surface area contributed by atoms with Gasteiger partial charge >= 0.3 is 0 Å². The third-order valence-electron chi connectivity index (χ3n) is 6.16. The van der Waals surface area contributed by atoms with Gasteiger partial charge in [-0.25, -0.2) is 4.98 Å². The maximum atomic E-state index is 11.7. The van der Waals surface area contributed by atoms with Crippen LogP contribution >= 0.6 is 11.3 Å². The summed E-state index contributed by atoms with van der Waals surface area (Å²) in [7, 11) is 0. The standard InChI is InChI=1S/C14H25N3O4.C13H14N2OS.C4H10.2C2H6/c1-2-12(19)15-7-4-3-5-13(20)16-9-14(21)17-8-6-11(18)10-17;1-9(14-7-16)11-3-5-12(6-4-11)13-10(2)15-8-17-13;1-4(2)3;2*1-2/h11,18H,2-10H2,1H3,(H,15,19)(H,16,20);3-9H,1-2H3,(H,14,16);4H,1-3H3;2*1-2H3. The van der Waals surface area contributed by atoms with Crippen molar-refractivity contribution >= 4 is 35.5 Å². The van der Waals surface area contributed by atoms with Crippen LogP contribution in [0.5, 0.6) is 0 Å². The van der Waals surface area contributed by atoms with Gasteiger partial charge in [0, 0.05) is 32.5 Å². The van der Waals surface area contributed by atoms with Crippen molar-refractivity contribution in [1.82, 2.24) is 25.8 Å². The second-order valence-electron chi connectivity index (χ2n) is 10.8. The number of carbonyl (C=O) groups excluding carboxylic acids is 4. The summed E-state index contributed by atoms with van der Waals surface area (Å²) in [4.78, 5) is 51.6. The number of rotatable bonds is 12. The molecule has 0 spiro atoms. The van der Waals surface area contributed by atoms with E-state index in [2.05, 4.69) is 53.8 Å².